The van der Waals surface area contributed by atoms with E-state index in [1.165, 1.54) is 14.0 Å². The molecule has 2 aromatic carbocycles. The summed E-state index contributed by atoms with van der Waals surface area (Å²) in [7, 11) is 1.53. The molecule has 0 fully saturated rings. The van der Waals surface area contributed by atoms with Gasteiger partial charge < -0.3 is 19.2 Å². The minimum Gasteiger partial charge on any atom is -0.449 e. The molecule has 0 radical (unpaired) electrons. The minimum atomic E-state index is -1.03. The SMILES string of the molecule is COCc1c(C(=O)O[C@@H](C)C(=O)Nc2cccc(Cl)c2)oc2ccccc12. The summed E-state index contributed by atoms with van der Waals surface area (Å²) in [5.74, 6) is -1.18. The molecule has 0 aliphatic heterocycles. The molecule has 140 valence electrons. The molecule has 0 aliphatic carbocycles. The quantitative estimate of drug-likeness (QED) is 0.633. The molecule has 6 nitrogen and oxygen atoms in total. The van der Waals surface area contributed by atoms with Crippen molar-refractivity contribution in [2.45, 2.75) is 19.6 Å². The number of nitrogens with one attached hydrogen (secondary N) is 1. The lowest BCUT2D eigenvalue weighted by Crippen LogP contribution is -2.30. The number of carbonyl (C=O) groups excluding carboxylic acids is 2. The van der Waals surface area contributed by atoms with E-state index in [1.807, 2.05) is 12.1 Å². The molecule has 7 heteroatoms. The summed E-state index contributed by atoms with van der Waals surface area (Å²) in [6.45, 7) is 1.67. The Kier molecular flexibility index (Phi) is 5.78. The van der Waals surface area contributed by atoms with E-state index in [0.717, 1.165) is 5.39 Å². The lowest BCUT2D eigenvalue weighted by Gasteiger charge is -2.13. The fourth-order valence-electron chi connectivity index (χ4n) is 2.63. The Balaban J connectivity index is 1.75. The average molecular weight is 388 g/mol. The van der Waals surface area contributed by atoms with Crippen LogP contribution >= 0.6 is 11.6 Å². The molecule has 0 saturated carbocycles. The van der Waals surface area contributed by atoms with Gasteiger partial charge in [-0.1, -0.05) is 35.9 Å². The second-order valence-electron chi connectivity index (χ2n) is 5.89. The van der Waals surface area contributed by atoms with Gasteiger partial charge in [0.15, 0.2) is 6.10 Å². The Labute approximate surface area is 161 Å². The number of benzene rings is 2. The van der Waals surface area contributed by atoms with Gasteiger partial charge in [0.25, 0.3) is 5.91 Å². The van der Waals surface area contributed by atoms with Crippen molar-refractivity contribution in [3.63, 3.8) is 0 Å². The molecule has 0 unspecified atom stereocenters. The highest BCUT2D eigenvalue weighted by atomic mass is 35.5. The number of halogens is 1. The summed E-state index contributed by atoms with van der Waals surface area (Å²) in [5, 5.41) is 3.91. The number of hydrogen-bond donors (Lipinski definition) is 1. The van der Waals surface area contributed by atoms with Crippen molar-refractivity contribution in [3.8, 4) is 0 Å². The first-order chi connectivity index (χ1) is 13.0. The summed E-state index contributed by atoms with van der Waals surface area (Å²) in [4.78, 5) is 24.8. The van der Waals surface area contributed by atoms with E-state index in [0.29, 0.717) is 21.9 Å². The van der Waals surface area contributed by atoms with Crippen LogP contribution in [0.4, 0.5) is 5.69 Å². The third kappa shape index (κ3) is 4.30. The summed E-state index contributed by atoms with van der Waals surface area (Å²) in [5.41, 5.74) is 1.65. The molecule has 3 rings (SSSR count). The maximum atomic E-state index is 12.6. The van der Waals surface area contributed by atoms with Gasteiger partial charge in [0.1, 0.15) is 5.58 Å². The number of anilines is 1. The lowest BCUT2D eigenvalue weighted by molar-refractivity contribution is -0.123. The van der Waals surface area contributed by atoms with Crippen LogP contribution < -0.4 is 5.32 Å². The maximum absolute atomic E-state index is 12.6. The molecule has 1 N–H and O–H groups in total. The molecule has 3 aromatic rings. The number of rotatable bonds is 6. The van der Waals surface area contributed by atoms with E-state index >= 15 is 0 Å². The molecular formula is C20H18ClNO5. The van der Waals surface area contributed by atoms with E-state index in [2.05, 4.69) is 5.32 Å². The predicted octanol–water partition coefficient (Wildman–Crippen LogP) is 4.42. The van der Waals surface area contributed by atoms with Crippen LogP contribution in [0.25, 0.3) is 11.0 Å². The van der Waals surface area contributed by atoms with Crippen LogP contribution in [0.5, 0.6) is 0 Å². The van der Waals surface area contributed by atoms with E-state index in [4.69, 9.17) is 25.5 Å². The highest BCUT2D eigenvalue weighted by Crippen LogP contribution is 2.27. The number of methoxy groups -OCH3 is 1. The van der Waals surface area contributed by atoms with Gasteiger partial charge in [0.2, 0.25) is 5.76 Å². The van der Waals surface area contributed by atoms with Crippen LogP contribution in [0.3, 0.4) is 0 Å². The van der Waals surface area contributed by atoms with Gasteiger partial charge in [-0.25, -0.2) is 4.79 Å². The zero-order valence-corrected chi connectivity index (χ0v) is 15.6. The smallest absolute Gasteiger partial charge is 0.375 e. The third-order valence-electron chi connectivity index (χ3n) is 3.92. The maximum Gasteiger partial charge on any atom is 0.375 e. The minimum absolute atomic E-state index is 0.0282. The van der Waals surface area contributed by atoms with E-state index < -0.39 is 18.0 Å². The average Bonchev–Trinajstić information content (AvgIpc) is 3.01. The molecule has 0 saturated heterocycles. The zero-order chi connectivity index (χ0) is 19.4. The number of carbonyl (C=O) groups is 2. The van der Waals surface area contributed by atoms with Gasteiger partial charge in [0.05, 0.1) is 6.61 Å². The number of esters is 1. The number of hydrogen-bond acceptors (Lipinski definition) is 5. The highest BCUT2D eigenvalue weighted by Gasteiger charge is 2.25. The van der Waals surface area contributed by atoms with Gasteiger partial charge in [0, 0.05) is 28.8 Å². The van der Waals surface area contributed by atoms with Gasteiger partial charge >= 0.3 is 5.97 Å². The van der Waals surface area contributed by atoms with Crippen molar-refractivity contribution in [2.24, 2.45) is 0 Å². The summed E-state index contributed by atoms with van der Waals surface area (Å²) in [6, 6.07) is 13.9. The van der Waals surface area contributed by atoms with E-state index in [9.17, 15) is 9.59 Å². The van der Waals surface area contributed by atoms with Gasteiger partial charge in [-0.05, 0) is 31.2 Å². The fourth-order valence-corrected chi connectivity index (χ4v) is 2.82. The molecule has 0 aliphatic rings. The highest BCUT2D eigenvalue weighted by molar-refractivity contribution is 6.30. The predicted molar refractivity (Wildman–Crippen MR) is 102 cm³/mol. The third-order valence-corrected chi connectivity index (χ3v) is 4.15. The summed E-state index contributed by atoms with van der Waals surface area (Å²) < 4.78 is 16.1. The Bertz CT molecular complexity index is 981. The van der Waals surface area contributed by atoms with E-state index in [1.54, 1.807) is 36.4 Å². The second kappa shape index (κ2) is 8.24. The fraction of sp³-hybridized carbons (Fsp3) is 0.200. The molecule has 0 spiro atoms. The molecule has 0 bridgehead atoms. The van der Waals surface area contributed by atoms with Gasteiger partial charge in [-0.15, -0.1) is 0 Å². The molecule has 27 heavy (non-hydrogen) atoms. The Hall–Kier alpha value is -2.83. The van der Waals surface area contributed by atoms with Crippen molar-refractivity contribution >= 4 is 40.1 Å². The Morgan fingerprint density at radius 1 is 1.19 bits per heavy atom. The molecule has 1 aromatic heterocycles. The van der Waals surface area contributed by atoms with Crippen molar-refractivity contribution in [1.82, 2.24) is 0 Å². The molecule has 1 heterocycles. The van der Waals surface area contributed by atoms with Gasteiger partial charge in [-0.3, -0.25) is 4.79 Å². The van der Waals surface area contributed by atoms with Gasteiger partial charge in [-0.2, -0.15) is 0 Å². The zero-order valence-electron chi connectivity index (χ0n) is 14.8. The first kappa shape index (κ1) is 18.9. The molecule has 1 atom stereocenters. The summed E-state index contributed by atoms with van der Waals surface area (Å²) in [6.07, 6.45) is -1.03. The van der Waals surface area contributed by atoms with Crippen molar-refractivity contribution in [2.75, 3.05) is 12.4 Å². The number of amides is 1. The first-order valence-electron chi connectivity index (χ1n) is 8.26. The Morgan fingerprint density at radius 3 is 2.70 bits per heavy atom. The van der Waals surface area contributed by atoms with Crippen LogP contribution in [-0.4, -0.2) is 25.1 Å². The summed E-state index contributed by atoms with van der Waals surface area (Å²) >= 11 is 5.90. The van der Waals surface area contributed by atoms with Crippen LogP contribution in [0.2, 0.25) is 5.02 Å². The Morgan fingerprint density at radius 2 is 1.96 bits per heavy atom. The number of para-hydroxylation sites is 1. The van der Waals surface area contributed by atoms with Crippen LogP contribution in [0.1, 0.15) is 23.0 Å². The van der Waals surface area contributed by atoms with Crippen LogP contribution in [-0.2, 0) is 20.9 Å². The monoisotopic (exact) mass is 387 g/mol. The number of fused-ring (bicyclic) bond motifs is 1. The van der Waals surface area contributed by atoms with Crippen molar-refractivity contribution in [1.29, 1.82) is 0 Å². The van der Waals surface area contributed by atoms with Crippen LogP contribution in [0.15, 0.2) is 52.9 Å². The van der Waals surface area contributed by atoms with E-state index in [-0.39, 0.29) is 12.4 Å². The normalized spacial score (nSPS) is 12.0. The lowest BCUT2D eigenvalue weighted by atomic mass is 10.1. The second-order valence-corrected chi connectivity index (χ2v) is 6.32. The first-order valence-corrected chi connectivity index (χ1v) is 8.64. The molecular weight excluding hydrogens is 370 g/mol. The standard InChI is InChI=1S/C20H18ClNO5/c1-12(19(23)22-14-7-5-6-13(21)10-14)26-20(24)18-16(11-25-2)15-8-3-4-9-17(15)27-18/h3-10,12H,11H2,1-2H3,(H,22,23)/t12-/m0/s1. The van der Waals surface area contributed by atoms with Crippen molar-refractivity contribution < 1.29 is 23.5 Å². The largest absolute Gasteiger partial charge is 0.449 e. The number of ether oxygens (including phenoxy) is 2. The van der Waals surface area contributed by atoms with Crippen molar-refractivity contribution in [3.05, 3.63) is 64.9 Å². The number of furan rings is 1. The topological polar surface area (TPSA) is 77.8 Å². The van der Waals surface area contributed by atoms with Crippen LogP contribution in [0, 0.1) is 0 Å². The molecule has 1 amide bonds.